The van der Waals surface area contributed by atoms with E-state index in [4.69, 9.17) is 18.9 Å². The average molecular weight is 298 g/mol. The lowest BCUT2D eigenvalue weighted by Gasteiger charge is -2.09. The molecule has 0 aliphatic carbocycles. The van der Waals surface area contributed by atoms with Crippen LogP contribution in [0.3, 0.4) is 0 Å². The molecule has 0 spiro atoms. The zero-order valence-electron chi connectivity index (χ0n) is 13.0. The van der Waals surface area contributed by atoms with Gasteiger partial charge in [-0.1, -0.05) is 6.92 Å². The van der Waals surface area contributed by atoms with Gasteiger partial charge in [-0.3, -0.25) is 4.98 Å². The highest BCUT2D eigenvalue weighted by molar-refractivity contribution is 5.44. The highest BCUT2D eigenvalue weighted by Crippen LogP contribution is 2.14. The Hall–Kier alpha value is -1.37. The molecule has 120 valence electrons. The molecule has 0 saturated heterocycles. The monoisotopic (exact) mass is 298 g/mol. The fourth-order valence-corrected chi connectivity index (χ4v) is 1.55. The van der Waals surface area contributed by atoms with E-state index in [1.165, 1.54) is 0 Å². The minimum atomic E-state index is 0.497. The Kier molecular flexibility index (Phi) is 10.4. The Labute approximate surface area is 126 Å². The highest BCUT2D eigenvalue weighted by Gasteiger charge is 1.98. The van der Waals surface area contributed by atoms with Crippen LogP contribution in [-0.4, -0.2) is 58.3 Å². The molecule has 0 unspecified atom stereocenters. The Morgan fingerprint density at radius 1 is 1.00 bits per heavy atom. The first-order valence-corrected chi connectivity index (χ1v) is 7.33. The quantitative estimate of drug-likeness (QED) is 0.562. The number of nitrogens with one attached hydrogen (secondary N) is 1. The van der Waals surface area contributed by atoms with Crippen LogP contribution in [0.5, 0.6) is 5.75 Å². The summed E-state index contributed by atoms with van der Waals surface area (Å²) in [7, 11) is 1.65. The van der Waals surface area contributed by atoms with E-state index in [2.05, 4.69) is 17.2 Å². The Morgan fingerprint density at radius 3 is 2.43 bits per heavy atom. The first-order valence-electron chi connectivity index (χ1n) is 7.33. The lowest BCUT2D eigenvalue weighted by molar-refractivity contribution is 0.0179. The number of methoxy groups -OCH3 is 1. The molecule has 6 heteroatoms. The topological polar surface area (TPSA) is 61.8 Å². The maximum absolute atomic E-state index is 5.58. The van der Waals surface area contributed by atoms with Gasteiger partial charge in [0.05, 0.1) is 51.1 Å². The van der Waals surface area contributed by atoms with Gasteiger partial charge in [-0.05, 0) is 6.42 Å². The van der Waals surface area contributed by atoms with Crippen molar-refractivity contribution in [3.05, 3.63) is 18.5 Å². The van der Waals surface area contributed by atoms with Crippen LogP contribution in [0, 0.1) is 0 Å². The minimum Gasteiger partial charge on any atom is -0.489 e. The number of rotatable bonds is 13. The van der Waals surface area contributed by atoms with E-state index >= 15 is 0 Å². The van der Waals surface area contributed by atoms with Gasteiger partial charge in [0.1, 0.15) is 12.4 Å². The molecule has 21 heavy (non-hydrogen) atoms. The normalized spacial score (nSPS) is 10.6. The van der Waals surface area contributed by atoms with Gasteiger partial charge in [0.15, 0.2) is 0 Å². The summed E-state index contributed by atoms with van der Waals surface area (Å²) in [5.41, 5.74) is 0.974. The molecule has 0 saturated carbocycles. The summed E-state index contributed by atoms with van der Waals surface area (Å²) in [4.78, 5) is 4.13. The second-order valence-electron chi connectivity index (χ2n) is 4.40. The van der Waals surface area contributed by atoms with E-state index in [1.54, 1.807) is 19.5 Å². The predicted octanol–water partition coefficient (Wildman–Crippen LogP) is 1.96. The number of pyridine rings is 1. The third-order valence-corrected chi connectivity index (χ3v) is 2.59. The molecule has 6 nitrogen and oxygen atoms in total. The van der Waals surface area contributed by atoms with Crippen molar-refractivity contribution in [3.63, 3.8) is 0 Å². The first-order chi connectivity index (χ1) is 10.4. The predicted molar refractivity (Wildman–Crippen MR) is 82.0 cm³/mol. The summed E-state index contributed by atoms with van der Waals surface area (Å²) in [5, 5.41) is 3.27. The Balaban J connectivity index is 2.04. The molecule has 1 heterocycles. The molecule has 0 aliphatic rings. The van der Waals surface area contributed by atoms with Crippen molar-refractivity contribution >= 4 is 5.69 Å². The van der Waals surface area contributed by atoms with E-state index < -0.39 is 0 Å². The van der Waals surface area contributed by atoms with Crippen molar-refractivity contribution in [3.8, 4) is 5.75 Å². The largest absolute Gasteiger partial charge is 0.489 e. The van der Waals surface area contributed by atoms with Gasteiger partial charge in [0.2, 0.25) is 0 Å². The number of hydrogen-bond acceptors (Lipinski definition) is 6. The van der Waals surface area contributed by atoms with Gasteiger partial charge in [-0.15, -0.1) is 0 Å². The number of anilines is 1. The Bertz CT molecular complexity index is 363. The third-order valence-electron chi connectivity index (χ3n) is 2.59. The molecular weight excluding hydrogens is 272 g/mol. The van der Waals surface area contributed by atoms with Crippen molar-refractivity contribution in [1.82, 2.24) is 4.98 Å². The van der Waals surface area contributed by atoms with E-state index in [1.807, 2.05) is 6.07 Å². The summed E-state index contributed by atoms with van der Waals surface area (Å²) in [6, 6.07) is 1.94. The highest BCUT2D eigenvalue weighted by atomic mass is 16.6. The van der Waals surface area contributed by atoms with Crippen molar-refractivity contribution < 1.29 is 18.9 Å². The van der Waals surface area contributed by atoms with Crippen LogP contribution in [0.15, 0.2) is 18.5 Å². The zero-order chi connectivity index (χ0) is 15.2. The molecule has 0 fully saturated rings. The van der Waals surface area contributed by atoms with Gasteiger partial charge in [-0.2, -0.15) is 0 Å². The molecule has 0 atom stereocenters. The van der Waals surface area contributed by atoms with Gasteiger partial charge >= 0.3 is 0 Å². The van der Waals surface area contributed by atoms with Crippen LogP contribution in [0.25, 0.3) is 0 Å². The Morgan fingerprint density at radius 2 is 1.71 bits per heavy atom. The number of aromatic nitrogens is 1. The van der Waals surface area contributed by atoms with Crippen molar-refractivity contribution in [1.29, 1.82) is 0 Å². The molecule has 0 radical (unpaired) electrons. The van der Waals surface area contributed by atoms with Gasteiger partial charge < -0.3 is 24.3 Å². The third kappa shape index (κ3) is 9.23. The van der Waals surface area contributed by atoms with Crippen molar-refractivity contribution in [2.24, 2.45) is 0 Å². The molecule has 0 amide bonds. The summed E-state index contributed by atoms with van der Waals surface area (Å²) in [6.45, 7) is 6.41. The van der Waals surface area contributed by atoms with E-state index in [9.17, 15) is 0 Å². The molecule has 0 aromatic carbocycles. The first kappa shape index (κ1) is 17.7. The van der Waals surface area contributed by atoms with Crippen molar-refractivity contribution in [2.75, 3.05) is 58.6 Å². The van der Waals surface area contributed by atoms with Crippen LogP contribution in [0.4, 0.5) is 5.69 Å². The standard InChI is InChI=1S/C15H26N2O4/c1-3-4-17-14-11-15(13-16-12-14)21-10-9-20-8-7-19-6-5-18-2/h11-13,17H,3-10H2,1-2H3. The van der Waals surface area contributed by atoms with Crippen LogP contribution >= 0.6 is 0 Å². The SMILES string of the molecule is CCCNc1cncc(OCCOCCOCCOC)c1. The number of nitrogens with zero attached hydrogens (tertiary/aromatic N) is 1. The fraction of sp³-hybridized carbons (Fsp3) is 0.667. The molecule has 1 N–H and O–H groups in total. The second kappa shape index (κ2) is 12.4. The lowest BCUT2D eigenvalue weighted by atomic mass is 10.4. The fourth-order valence-electron chi connectivity index (χ4n) is 1.55. The molecule has 0 bridgehead atoms. The summed E-state index contributed by atoms with van der Waals surface area (Å²) in [5.74, 6) is 0.746. The molecular formula is C15H26N2O4. The van der Waals surface area contributed by atoms with E-state index in [-0.39, 0.29) is 0 Å². The smallest absolute Gasteiger partial charge is 0.139 e. The summed E-state index contributed by atoms with van der Waals surface area (Å²) in [6.07, 6.45) is 4.56. The van der Waals surface area contributed by atoms with Gasteiger partial charge in [-0.25, -0.2) is 0 Å². The maximum Gasteiger partial charge on any atom is 0.139 e. The van der Waals surface area contributed by atoms with Crippen molar-refractivity contribution in [2.45, 2.75) is 13.3 Å². The van der Waals surface area contributed by atoms with Crippen LogP contribution in [0.1, 0.15) is 13.3 Å². The van der Waals surface area contributed by atoms with Gasteiger partial charge in [0.25, 0.3) is 0 Å². The zero-order valence-corrected chi connectivity index (χ0v) is 13.0. The number of ether oxygens (including phenoxy) is 4. The number of hydrogen-bond donors (Lipinski definition) is 1. The molecule has 1 rings (SSSR count). The molecule has 0 aliphatic heterocycles. The van der Waals surface area contributed by atoms with Gasteiger partial charge in [0, 0.05) is 19.7 Å². The summed E-state index contributed by atoms with van der Waals surface area (Å²) < 4.78 is 21.1. The van der Waals surface area contributed by atoms with Crippen LogP contribution < -0.4 is 10.1 Å². The van der Waals surface area contributed by atoms with E-state index in [0.717, 1.165) is 24.4 Å². The second-order valence-corrected chi connectivity index (χ2v) is 4.40. The summed E-state index contributed by atoms with van der Waals surface area (Å²) >= 11 is 0. The molecule has 1 aromatic heterocycles. The average Bonchev–Trinajstić information content (AvgIpc) is 2.52. The van der Waals surface area contributed by atoms with Crippen LogP contribution in [-0.2, 0) is 14.2 Å². The lowest BCUT2D eigenvalue weighted by Crippen LogP contribution is -2.12. The maximum atomic E-state index is 5.58. The van der Waals surface area contributed by atoms with E-state index in [0.29, 0.717) is 39.6 Å². The minimum absolute atomic E-state index is 0.497. The van der Waals surface area contributed by atoms with Crippen LogP contribution in [0.2, 0.25) is 0 Å². The molecule has 1 aromatic rings.